The highest BCUT2D eigenvalue weighted by Crippen LogP contribution is 2.42. The molecular weight excluding hydrogens is 366 g/mol. The topological polar surface area (TPSA) is 38.0 Å². The Labute approximate surface area is 134 Å². The summed E-state index contributed by atoms with van der Waals surface area (Å²) in [6, 6.07) is 2.09. The van der Waals surface area contributed by atoms with Crippen LogP contribution in [0.25, 0.3) is 0 Å². The molecule has 0 bridgehead atoms. The molecule has 2 nitrogen and oxygen atoms in total. The predicted molar refractivity (Wildman–Crippen MR) is 86.9 cm³/mol. The minimum atomic E-state index is -0.579. The first kappa shape index (κ1) is 16.5. The van der Waals surface area contributed by atoms with Gasteiger partial charge >= 0.3 is 0 Å². The lowest BCUT2D eigenvalue weighted by Crippen LogP contribution is -2.41. The van der Waals surface area contributed by atoms with Crippen molar-refractivity contribution >= 4 is 39.5 Å². The van der Waals surface area contributed by atoms with Crippen LogP contribution in [0, 0.1) is 11.6 Å². The highest BCUT2D eigenvalue weighted by atomic mass is 79.9. The van der Waals surface area contributed by atoms with E-state index in [0.717, 1.165) is 5.75 Å². The van der Waals surface area contributed by atoms with Crippen molar-refractivity contribution in [2.24, 2.45) is 5.84 Å². The molecule has 20 heavy (non-hydrogen) atoms. The number of nitrogens with one attached hydrogen (secondary N) is 1. The zero-order valence-electron chi connectivity index (χ0n) is 11.2. The Morgan fingerprint density at radius 3 is 2.65 bits per heavy atom. The van der Waals surface area contributed by atoms with Crippen LogP contribution < -0.4 is 11.3 Å². The van der Waals surface area contributed by atoms with Crippen molar-refractivity contribution in [2.45, 2.75) is 35.6 Å². The van der Waals surface area contributed by atoms with Gasteiger partial charge in [-0.1, -0.05) is 13.8 Å². The maximum atomic E-state index is 14.2. The maximum absolute atomic E-state index is 14.2. The van der Waals surface area contributed by atoms with Crippen LogP contribution in [0.4, 0.5) is 8.78 Å². The van der Waals surface area contributed by atoms with Crippen LogP contribution in [0.5, 0.6) is 0 Å². The molecule has 1 aliphatic heterocycles. The smallest absolute Gasteiger partial charge is 0.145 e. The summed E-state index contributed by atoms with van der Waals surface area (Å²) in [6.07, 6.45) is 0. The quantitative estimate of drug-likeness (QED) is 0.472. The Kier molecular flexibility index (Phi) is 5.76. The molecule has 0 aromatic heterocycles. The molecule has 0 aliphatic carbocycles. The third-order valence-corrected chi connectivity index (χ3v) is 7.62. The fourth-order valence-corrected chi connectivity index (χ4v) is 5.61. The summed E-state index contributed by atoms with van der Waals surface area (Å²) in [6.45, 7) is 4.30. The molecule has 1 aromatic carbocycles. The normalized spacial score (nSPS) is 28.4. The molecule has 4 unspecified atom stereocenters. The molecule has 0 saturated carbocycles. The van der Waals surface area contributed by atoms with Crippen LogP contribution in [0.15, 0.2) is 16.6 Å². The largest absolute Gasteiger partial charge is 0.271 e. The molecule has 1 aromatic rings. The van der Waals surface area contributed by atoms with Crippen LogP contribution >= 0.6 is 39.5 Å². The molecule has 1 saturated heterocycles. The van der Waals surface area contributed by atoms with Gasteiger partial charge in [-0.05, 0) is 28.1 Å². The second kappa shape index (κ2) is 6.96. The molecule has 112 valence electrons. The Hall–Kier alpha value is 0.180. The Bertz CT molecular complexity index is 490. The summed E-state index contributed by atoms with van der Waals surface area (Å²) in [7, 11) is 0. The zero-order chi connectivity index (χ0) is 14.9. The molecule has 0 amide bonds. The average Bonchev–Trinajstić information content (AvgIpc) is 2.42. The summed E-state index contributed by atoms with van der Waals surface area (Å²) in [5, 5.41) is 0.995. The fraction of sp³-hybridized carbons (Fsp3) is 0.538. The van der Waals surface area contributed by atoms with Gasteiger partial charge in [-0.15, -0.1) is 0 Å². The first-order valence-electron chi connectivity index (χ1n) is 6.32. The number of benzene rings is 1. The van der Waals surface area contributed by atoms with Crippen LogP contribution in [-0.4, -0.2) is 21.5 Å². The maximum Gasteiger partial charge on any atom is 0.145 e. The van der Waals surface area contributed by atoms with Crippen LogP contribution in [0.2, 0.25) is 0 Å². The van der Waals surface area contributed by atoms with E-state index in [2.05, 4.69) is 35.2 Å². The van der Waals surface area contributed by atoms with Gasteiger partial charge in [-0.3, -0.25) is 11.3 Å². The Balaban J connectivity index is 2.31. The van der Waals surface area contributed by atoms with E-state index >= 15 is 0 Å². The van der Waals surface area contributed by atoms with Crippen molar-refractivity contribution in [2.75, 3.05) is 5.75 Å². The van der Waals surface area contributed by atoms with Gasteiger partial charge in [0, 0.05) is 27.1 Å². The van der Waals surface area contributed by atoms with Gasteiger partial charge in [-0.25, -0.2) is 8.78 Å². The van der Waals surface area contributed by atoms with Gasteiger partial charge in [0.2, 0.25) is 0 Å². The van der Waals surface area contributed by atoms with E-state index < -0.39 is 17.7 Å². The van der Waals surface area contributed by atoms with Crippen molar-refractivity contribution in [3.8, 4) is 0 Å². The number of nitrogens with two attached hydrogens (primary N) is 1. The van der Waals surface area contributed by atoms with E-state index in [0.29, 0.717) is 10.5 Å². The number of thioether (sulfide) groups is 2. The fourth-order valence-electron chi connectivity index (χ4n) is 2.19. The summed E-state index contributed by atoms with van der Waals surface area (Å²) in [4.78, 5) is 0. The van der Waals surface area contributed by atoms with Crippen molar-refractivity contribution in [1.82, 2.24) is 5.43 Å². The summed E-state index contributed by atoms with van der Waals surface area (Å²) >= 11 is 6.65. The third-order valence-electron chi connectivity index (χ3n) is 3.52. The van der Waals surface area contributed by atoms with E-state index in [9.17, 15) is 8.78 Å². The summed E-state index contributed by atoms with van der Waals surface area (Å²) in [5.41, 5.74) is 2.61. The molecule has 1 fully saturated rings. The van der Waals surface area contributed by atoms with Crippen molar-refractivity contribution < 1.29 is 8.78 Å². The molecule has 0 spiro atoms. The first-order valence-corrected chi connectivity index (χ1v) is 9.10. The van der Waals surface area contributed by atoms with Gasteiger partial charge in [-0.2, -0.15) is 23.5 Å². The van der Waals surface area contributed by atoms with Gasteiger partial charge in [0.15, 0.2) is 0 Å². The van der Waals surface area contributed by atoms with Crippen LogP contribution in [0.1, 0.15) is 25.5 Å². The van der Waals surface area contributed by atoms with E-state index in [1.807, 2.05) is 11.8 Å². The lowest BCUT2D eigenvalue weighted by atomic mass is 10.0. The van der Waals surface area contributed by atoms with Crippen LogP contribution in [-0.2, 0) is 0 Å². The van der Waals surface area contributed by atoms with Crippen molar-refractivity contribution in [3.63, 3.8) is 0 Å². The van der Waals surface area contributed by atoms with Crippen molar-refractivity contribution in [1.29, 1.82) is 0 Å². The minimum Gasteiger partial charge on any atom is -0.271 e. The number of hydrazine groups is 1. The number of rotatable bonds is 3. The monoisotopic (exact) mass is 382 g/mol. The third kappa shape index (κ3) is 3.32. The average molecular weight is 383 g/mol. The standard InChI is InChI=1S/C13H17BrF2N2S2/c1-6-7(2)20-10(5-19-6)13(18-17)11-9(15)4-3-8(14)12(11)16/h3-4,6-7,10,13,18H,5,17H2,1-2H3. The zero-order valence-corrected chi connectivity index (χ0v) is 14.4. The lowest BCUT2D eigenvalue weighted by molar-refractivity contribution is 0.470. The first-order chi connectivity index (χ1) is 9.45. The molecule has 3 N–H and O–H groups in total. The number of hydrogen-bond acceptors (Lipinski definition) is 4. The van der Waals surface area contributed by atoms with Crippen molar-refractivity contribution in [3.05, 3.63) is 33.8 Å². The van der Waals surface area contributed by atoms with Gasteiger partial charge in [0.1, 0.15) is 11.6 Å². The molecular formula is C13H17BrF2N2S2. The minimum absolute atomic E-state index is 0.0155. The molecule has 0 radical (unpaired) electrons. The van der Waals surface area contributed by atoms with E-state index in [1.54, 1.807) is 11.8 Å². The second-order valence-corrected chi connectivity index (χ2v) is 8.71. The Morgan fingerprint density at radius 2 is 2.05 bits per heavy atom. The summed E-state index contributed by atoms with van der Waals surface area (Å²) in [5.74, 6) is 5.26. The van der Waals surface area contributed by atoms with Gasteiger partial charge in [0.25, 0.3) is 0 Å². The highest BCUT2D eigenvalue weighted by molar-refractivity contribution is 9.10. The molecule has 1 heterocycles. The van der Waals surface area contributed by atoms with Gasteiger partial charge in [0.05, 0.1) is 10.5 Å². The van der Waals surface area contributed by atoms with E-state index in [4.69, 9.17) is 5.84 Å². The van der Waals surface area contributed by atoms with Crippen LogP contribution in [0.3, 0.4) is 0 Å². The second-order valence-electron chi connectivity index (χ2n) is 4.82. The molecule has 7 heteroatoms. The van der Waals surface area contributed by atoms with E-state index in [-0.39, 0.29) is 15.3 Å². The summed E-state index contributed by atoms with van der Waals surface area (Å²) < 4.78 is 28.5. The number of halogens is 3. The Morgan fingerprint density at radius 1 is 1.35 bits per heavy atom. The lowest BCUT2D eigenvalue weighted by Gasteiger charge is -2.36. The van der Waals surface area contributed by atoms with E-state index in [1.165, 1.54) is 12.1 Å². The highest BCUT2D eigenvalue weighted by Gasteiger charge is 2.34. The predicted octanol–water partition coefficient (Wildman–Crippen LogP) is 3.86. The molecule has 2 rings (SSSR count). The van der Waals surface area contributed by atoms with Gasteiger partial charge < -0.3 is 0 Å². The SMILES string of the molecule is CC1SCC(C(NN)c2c(F)ccc(Br)c2F)SC1C. The molecule has 1 aliphatic rings. The number of hydrogen-bond donors (Lipinski definition) is 2. The molecule has 4 atom stereocenters.